The van der Waals surface area contributed by atoms with E-state index >= 15 is 0 Å². The van der Waals surface area contributed by atoms with E-state index in [2.05, 4.69) is 4.98 Å². The van der Waals surface area contributed by atoms with Gasteiger partial charge in [0.1, 0.15) is 4.91 Å². The third-order valence-corrected chi connectivity index (χ3v) is 6.10. The molecule has 5 nitrogen and oxygen atoms in total. The molecule has 124 valence electrons. The number of ether oxygens (including phenoxy) is 2. The van der Waals surface area contributed by atoms with Crippen molar-refractivity contribution < 1.29 is 19.1 Å². The molecule has 0 radical (unpaired) electrons. The Morgan fingerprint density at radius 3 is 2.42 bits per heavy atom. The molecule has 8 heteroatoms. The fraction of sp³-hybridized carbons (Fsp3) is 0.188. The summed E-state index contributed by atoms with van der Waals surface area (Å²) in [5, 5.41) is 0.756. The number of thiazole rings is 1. The van der Waals surface area contributed by atoms with Gasteiger partial charge in [-0.25, -0.2) is 9.59 Å². The second-order valence-corrected chi connectivity index (χ2v) is 7.62. The van der Waals surface area contributed by atoms with Crippen LogP contribution in [0.25, 0.3) is 0 Å². The summed E-state index contributed by atoms with van der Waals surface area (Å²) in [5.41, 5.74) is 1.16. The van der Waals surface area contributed by atoms with Gasteiger partial charge in [-0.2, -0.15) is 0 Å². The first kappa shape index (κ1) is 16.9. The van der Waals surface area contributed by atoms with Crippen LogP contribution in [-0.2, 0) is 19.1 Å². The number of aromatic nitrogens is 1. The highest BCUT2D eigenvalue weighted by Crippen LogP contribution is 2.49. The molecule has 0 saturated carbocycles. The van der Waals surface area contributed by atoms with Gasteiger partial charge in [0, 0.05) is 0 Å². The first-order valence-corrected chi connectivity index (χ1v) is 8.97. The summed E-state index contributed by atoms with van der Waals surface area (Å²) < 4.78 is 10.4. The minimum atomic E-state index is -0.572. The van der Waals surface area contributed by atoms with Crippen molar-refractivity contribution in [3.8, 4) is 0 Å². The molecule has 1 N–H and O–H groups in total. The maximum absolute atomic E-state index is 12.5. The Bertz CT molecular complexity index is 882. The summed E-state index contributed by atoms with van der Waals surface area (Å²) in [5.74, 6) is -1.55. The average Bonchev–Trinajstić information content (AvgIpc) is 2.99. The second kappa shape index (κ2) is 6.92. The lowest BCUT2D eigenvalue weighted by molar-refractivity contribution is -0.139. The van der Waals surface area contributed by atoms with Crippen LogP contribution in [0.5, 0.6) is 0 Å². The topological polar surface area (TPSA) is 68.4 Å². The van der Waals surface area contributed by atoms with Crippen molar-refractivity contribution in [2.24, 2.45) is 0 Å². The molecule has 0 spiro atoms. The SMILES string of the molecule is COC(=O)C1=C(C(=O)OC)C(c2ccccc2)c2sc(=S)[nH]c2S1. The van der Waals surface area contributed by atoms with Crippen LogP contribution in [0.4, 0.5) is 0 Å². The molecular formula is C16H13NO4S3. The van der Waals surface area contributed by atoms with Crippen molar-refractivity contribution in [3.05, 3.63) is 55.2 Å². The number of rotatable bonds is 3. The van der Waals surface area contributed by atoms with E-state index in [4.69, 9.17) is 21.7 Å². The summed E-state index contributed by atoms with van der Waals surface area (Å²) in [6, 6.07) is 9.48. The minimum absolute atomic E-state index is 0.217. The molecule has 1 aromatic heterocycles. The highest BCUT2D eigenvalue weighted by atomic mass is 32.2. The molecule has 2 aromatic rings. The standard InChI is InChI=1S/C16H13NO4S3/c1-20-14(18)10-9(8-6-4-3-5-7-8)11-13(17-16(22)24-11)23-12(10)15(19)21-2/h3-7,9H,1-2H3,(H,17,22). The van der Waals surface area contributed by atoms with E-state index in [1.54, 1.807) is 0 Å². The van der Waals surface area contributed by atoms with Crippen LogP contribution < -0.4 is 0 Å². The fourth-order valence-electron chi connectivity index (χ4n) is 2.54. The number of carbonyl (C=O) groups excluding carboxylic acids is 2. The number of thioether (sulfide) groups is 1. The van der Waals surface area contributed by atoms with Crippen LogP contribution in [0.15, 0.2) is 45.8 Å². The molecule has 0 aliphatic carbocycles. The quantitative estimate of drug-likeness (QED) is 0.649. The van der Waals surface area contributed by atoms with E-state index < -0.39 is 17.9 Å². The van der Waals surface area contributed by atoms with Gasteiger partial charge in [0.25, 0.3) is 0 Å². The molecule has 0 bridgehead atoms. The van der Waals surface area contributed by atoms with Crippen molar-refractivity contribution >= 4 is 47.3 Å². The Kier molecular flexibility index (Phi) is 4.88. The van der Waals surface area contributed by atoms with Gasteiger partial charge < -0.3 is 14.5 Å². The van der Waals surface area contributed by atoms with Crippen LogP contribution in [0.1, 0.15) is 16.4 Å². The molecule has 0 saturated heterocycles. The van der Waals surface area contributed by atoms with Crippen molar-refractivity contribution in [1.29, 1.82) is 0 Å². The number of hydrogen-bond donors (Lipinski definition) is 1. The van der Waals surface area contributed by atoms with Crippen LogP contribution in [0.3, 0.4) is 0 Å². The van der Waals surface area contributed by atoms with E-state index in [1.165, 1.54) is 25.6 Å². The molecule has 1 aromatic carbocycles. The number of methoxy groups -OCH3 is 2. The normalized spacial score (nSPS) is 16.5. The van der Waals surface area contributed by atoms with Gasteiger partial charge in [0.15, 0.2) is 3.95 Å². The minimum Gasteiger partial charge on any atom is -0.466 e. The molecule has 24 heavy (non-hydrogen) atoms. The smallest absolute Gasteiger partial charge is 0.345 e. The van der Waals surface area contributed by atoms with E-state index in [-0.39, 0.29) is 10.5 Å². The van der Waals surface area contributed by atoms with Gasteiger partial charge in [-0.1, -0.05) is 42.1 Å². The number of aromatic amines is 1. The lowest BCUT2D eigenvalue weighted by Gasteiger charge is -2.25. The number of benzene rings is 1. The molecule has 3 rings (SSSR count). The molecule has 1 atom stereocenters. The molecule has 1 unspecified atom stereocenters. The third kappa shape index (κ3) is 2.92. The van der Waals surface area contributed by atoms with Gasteiger partial charge in [-0.15, -0.1) is 11.3 Å². The molecule has 0 amide bonds. The maximum atomic E-state index is 12.5. The summed E-state index contributed by atoms with van der Waals surface area (Å²) in [7, 11) is 2.58. The van der Waals surface area contributed by atoms with Crippen molar-refractivity contribution in [2.75, 3.05) is 14.2 Å². The molecular weight excluding hydrogens is 366 g/mol. The van der Waals surface area contributed by atoms with Gasteiger partial charge in [0.05, 0.1) is 35.6 Å². The number of fused-ring (bicyclic) bond motifs is 1. The molecule has 2 heterocycles. The number of H-pyrrole nitrogens is 1. The summed E-state index contributed by atoms with van der Waals surface area (Å²) in [6.45, 7) is 0. The number of nitrogens with one attached hydrogen (secondary N) is 1. The van der Waals surface area contributed by atoms with E-state index in [1.807, 2.05) is 30.3 Å². The number of carbonyl (C=O) groups is 2. The van der Waals surface area contributed by atoms with Crippen LogP contribution in [-0.4, -0.2) is 31.1 Å². The largest absolute Gasteiger partial charge is 0.466 e. The Balaban J connectivity index is 2.29. The summed E-state index contributed by atoms with van der Waals surface area (Å²) >= 11 is 7.79. The predicted molar refractivity (Wildman–Crippen MR) is 94.7 cm³/mol. The highest BCUT2D eigenvalue weighted by Gasteiger charge is 2.39. The van der Waals surface area contributed by atoms with E-state index in [0.29, 0.717) is 3.95 Å². The van der Waals surface area contributed by atoms with E-state index in [9.17, 15) is 9.59 Å². The Labute approximate surface area is 151 Å². The lowest BCUT2D eigenvalue weighted by Crippen LogP contribution is -2.22. The zero-order chi connectivity index (χ0) is 17.3. The Morgan fingerprint density at radius 1 is 1.12 bits per heavy atom. The molecule has 0 fully saturated rings. The lowest BCUT2D eigenvalue weighted by atomic mass is 9.89. The first-order chi connectivity index (χ1) is 11.6. The Morgan fingerprint density at radius 2 is 1.79 bits per heavy atom. The third-order valence-electron chi connectivity index (χ3n) is 3.55. The Hall–Kier alpha value is -1.90. The van der Waals surface area contributed by atoms with Gasteiger partial charge in [0.2, 0.25) is 0 Å². The fourth-order valence-corrected chi connectivity index (χ4v) is 5.21. The molecule has 1 aliphatic heterocycles. The van der Waals surface area contributed by atoms with Crippen LogP contribution in [0.2, 0.25) is 0 Å². The maximum Gasteiger partial charge on any atom is 0.345 e. The first-order valence-electron chi connectivity index (χ1n) is 6.93. The van der Waals surface area contributed by atoms with Gasteiger partial charge >= 0.3 is 11.9 Å². The van der Waals surface area contributed by atoms with Crippen LogP contribution in [0, 0.1) is 3.95 Å². The monoisotopic (exact) mass is 379 g/mol. The van der Waals surface area contributed by atoms with Crippen molar-refractivity contribution in [3.63, 3.8) is 0 Å². The van der Waals surface area contributed by atoms with Crippen molar-refractivity contribution in [1.82, 2.24) is 4.98 Å². The zero-order valence-corrected chi connectivity index (χ0v) is 15.3. The highest BCUT2D eigenvalue weighted by molar-refractivity contribution is 8.04. The number of hydrogen-bond acceptors (Lipinski definition) is 7. The summed E-state index contributed by atoms with van der Waals surface area (Å²) in [4.78, 5) is 28.9. The molecule has 1 aliphatic rings. The van der Waals surface area contributed by atoms with E-state index in [0.717, 1.165) is 27.2 Å². The van der Waals surface area contributed by atoms with Crippen LogP contribution >= 0.6 is 35.3 Å². The average molecular weight is 379 g/mol. The predicted octanol–water partition coefficient (Wildman–Crippen LogP) is 3.64. The second-order valence-electron chi connectivity index (χ2n) is 4.88. The zero-order valence-electron chi connectivity index (χ0n) is 12.8. The van der Waals surface area contributed by atoms with Gasteiger partial charge in [-0.3, -0.25) is 0 Å². The number of esters is 2. The van der Waals surface area contributed by atoms with Crippen molar-refractivity contribution in [2.45, 2.75) is 10.9 Å². The van der Waals surface area contributed by atoms with Gasteiger partial charge in [-0.05, 0) is 17.8 Å². The summed E-state index contributed by atoms with van der Waals surface area (Å²) in [6.07, 6.45) is 0.